The van der Waals surface area contributed by atoms with E-state index in [1.54, 1.807) is 12.0 Å². The molecule has 0 aromatic heterocycles. The van der Waals surface area contributed by atoms with Gasteiger partial charge in [0.1, 0.15) is 30.9 Å². The first-order chi connectivity index (χ1) is 18.6. The molecule has 0 radical (unpaired) electrons. The molecule has 0 bridgehead atoms. The Morgan fingerprint density at radius 1 is 1.15 bits per heavy atom. The molecular weight excluding hydrogens is 498 g/mol. The largest absolute Gasteiger partial charge is 0.383 e. The molecule has 0 spiro atoms. The van der Waals surface area contributed by atoms with Crippen molar-refractivity contribution in [3.63, 3.8) is 0 Å². The van der Waals surface area contributed by atoms with Crippen molar-refractivity contribution in [1.82, 2.24) is 15.1 Å². The van der Waals surface area contributed by atoms with Crippen LogP contribution in [0.2, 0.25) is 0 Å². The summed E-state index contributed by atoms with van der Waals surface area (Å²) in [7, 11) is 1.73. The number of ketones is 1. The van der Waals surface area contributed by atoms with E-state index < -0.39 is 18.2 Å². The molecule has 9 heteroatoms. The average molecular weight is 544 g/mol. The van der Waals surface area contributed by atoms with Gasteiger partial charge in [0.15, 0.2) is 5.78 Å². The van der Waals surface area contributed by atoms with Crippen LogP contribution in [-0.4, -0.2) is 105 Å². The zero-order valence-corrected chi connectivity index (χ0v) is 24.1. The van der Waals surface area contributed by atoms with Crippen LogP contribution in [0.25, 0.3) is 0 Å². The number of carbonyl (C=O) groups is 3. The topological polar surface area (TPSA) is 97.4 Å². The van der Waals surface area contributed by atoms with Crippen molar-refractivity contribution in [2.75, 3.05) is 53.1 Å². The van der Waals surface area contributed by atoms with Gasteiger partial charge in [0.05, 0.1) is 13.2 Å². The van der Waals surface area contributed by atoms with E-state index in [1.165, 1.54) is 5.56 Å². The lowest BCUT2D eigenvalue weighted by Gasteiger charge is -2.32. The number of Topliss-reactive ketones (excluding diaryl/α,β-unsaturated/α-hetero) is 1. The van der Waals surface area contributed by atoms with Gasteiger partial charge in [-0.15, -0.1) is 0 Å². The molecule has 1 N–H and O–H groups in total. The van der Waals surface area contributed by atoms with Gasteiger partial charge in [0.25, 0.3) is 5.91 Å². The standard InChI is InChI=1S/C30H45N3O6/c1-6-38-25-18-33(26-24(34)19-39-27(25)26)29(36)23(17-30(2,3)4)31-28(35)22-9-7-20(8-10-22)21-11-13-32(14-12-21)15-16-37-5/h7-10,21,23,25-27H,6,11-19H2,1-5H3,(H,31,35)/t23-,25-,26+,27+/m0/s1. The molecule has 39 heavy (non-hydrogen) atoms. The molecule has 1 aromatic rings. The Balaban J connectivity index is 1.42. The van der Waals surface area contributed by atoms with Gasteiger partial charge in [-0.05, 0) is 68.3 Å². The minimum absolute atomic E-state index is 0.0164. The van der Waals surface area contributed by atoms with Gasteiger partial charge in [-0.2, -0.15) is 0 Å². The molecule has 4 rings (SSSR count). The third-order valence-corrected chi connectivity index (χ3v) is 8.07. The van der Waals surface area contributed by atoms with Gasteiger partial charge in [0.2, 0.25) is 5.91 Å². The highest BCUT2D eigenvalue weighted by molar-refractivity contribution is 5.99. The molecule has 3 aliphatic rings. The highest BCUT2D eigenvalue weighted by Gasteiger charge is 2.53. The predicted octanol–water partition coefficient (Wildman–Crippen LogP) is 2.63. The Hall–Kier alpha value is -2.33. The molecule has 3 heterocycles. The maximum Gasteiger partial charge on any atom is 0.251 e. The number of nitrogens with zero attached hydrogens (tertiary/aromatic N) is 2. The number of likely N-dealkylation sites (tertiary alicyclic amines) is 2. The highest BCUT2D eigenvalue weighted by Crippen LogP contribution is 2.32. The Kier molecular flexibility index (Phi) is 9.80. The number of methoxy groups -OCH3 is 1. The summed E-state index contributed by atoms with van der Waals surface area (Å²) in [5.74, 6) is -0.184. The fraction of sp³-hybridized carbons (Fsp3) is 0.700. The molecule has 0 saturated carbocycles. The number of piperidine rings is 1. The van der Waals surface area contributed by atoms with Crippen LogP contribution in [0, 0.1) is 5.41 Å². The fourth-order valence-corrected chi connectivity index (χ4v) is 6.07. The smallest absolute Gasteiger partial charge is 0.251 e. The summed E-state index contributed by atoms with van der Waals surface area (Å²) in [5, 5.41) is 2.99. The molecule has 3 aliphatic heterocycles. The van der Waals surface area contributed by atoms with Gasteiger partial charge < -0.3 is 29.3 Å². The summed E-state index contributed by atoms with van der Waals surface area (Å²) in [6, 6.07) is 6.36. The number of benzene rings is 1. The lowest BCUT2D eigenvalue weighted by atomic mass is 9.87. The van der Waals surface area contributed by atoms with Crippen LogP contribution in [0.5, 0.6) is 0 Å². The highest BCUT2D eigenvalue weighted by atomic mass is 16.6. The zero-order valence-electron chi connectivity index (χ0n) is 24.1. The molecular formula is C30H45N3O6. The van der Waals surface area contributed by atoms with E-state index in [-0.39, 0.29) is 42.3 Å². The van der Waals surface area contributed by atoms with E-state index in [4.69, 9.17) is 14.2 Å². The maximum atomic E-state index is 13.8. The van der Waals surface area contributed by atoms with Crippen LogP contribution in [0.3, 0.4) is 0 Å². The summed E-state index contributed by atoms with van der Waals surface area (Å²) in [4.78, 5) is 43.8. The van der Waals surface area contributed by atoms with Gasteiger partial charge in [-0.1, -0.05) is 32.9 Å². The summed E-state index contributed by atoms with van der Waals surface area (Å²) in [6.07, 6.45) is 1.81. The van der Waals surface area contributed by atoms with Crippen LogP contribution in [0.15, 0.2) is 24.3 Å². The lowest BCUT2D eigenvalue weighted by Crippen LogP contribution is -2.53. The molecule has 1 aromatic carbocycles. The van der Waals surface area contributed by atoms with Crippen molar-refractivity contribution in [1.29, 1.82) is 0 Å². The number of rotatable bonds is 10. The van der Waals surface area contributed by atoms with Gasteiger partial charge >= 0.3 is 0 Å². The van der Waals surface area contributed by atoms with Crippen LogP contribution < -0.4 is 5.32 Å². The molecule has 0 unspecified atom stereocenters. The SMILES string of the molecule is CCO[C@H]1CN(C(=O)[C@H](CC(C)(C)C)NC(=O)c2ccc(C3CCN(CCOC)CC3)cc2)[C@@H]2C(=O)CO[C@H]12. The second kappa shape index (κ2) is 12.9. The Bertz CT molecular complexity index is 999. The van der Waals surface area contributed by atoms with Crippen molar-refractivity contribution in [3.05, 3.63) is 35.4 Å². The van der Waals surface area contributed by atoms with E-state index in [1.807, 2.05) is 52.0 Å². The molecule has 216 valence electrons. The van der Waals surface area contributed by atoms with Crippen LogP contribution in [0.4, 0.5) is 0 Å². The average Bonchev–Trinajstić information content (AvgIpc) is 3.47. The summed E-state index contributed by atoms with van der Waals surface area (Å²) >= 11 is 0. The fourth-order valence-electron chi connectivity index (χ4n) is 6.07. The van der Waals surface area contributed by atoms with Crippen LogP contribution in [0.1, 0.15) is 68.8 Å². The monoisotopic (exact) mass is 543 g/mol. The van der Waals surface area contributed by atoms with Crippen molar-refractivity contribution >= 4 is 17.6 Å². The number of carbonyl (C=O) groups excluding carboxylic acids is 3. The third-order valence-electron chi connectivity index (χ3n) is 8.07. The third kappa shape index (κ3) is 7.25. The zero-order chi connectivity index (χ0) is 28.2. The second-order valence-corrected chi connectivity index (χ2v) is 12.2. The summed E-state index contributed by atoms with van der Waals surface area (Å²) in [6.45, 7) is 12.5. The Morgan fingerprint density at radius 2 is 1.85 bits per heavy atom. The maximum absolute atomic E-state index is 13.8. The summed E-state index contributed by atoms with van der Waals surface area (Å²) < 4.78 is 16.7. The normalized spacial score (nSPS) is 25.1. The number of nitrogens with one attached hydrogen (secondary N) is 1. The Labute approximate surface area is 232 Å². The first kappa shape index (κ1) is 29.6. The lowest BCUT2D eigenvalue weighted by molar-refractivity contribution is -0.139. The number of ether oxygens (including phenoxy) is 3. The minimum atomic E-state index is -0.761. The van der Waals surface area contributed by atoms with E-state index in [2.05, 4.69) is 10.2 Å². The van der Waals surface area contributed by atoms with Crippen molar-refractivity contribution in [3.8, 4) is 0 Å². The Morgan fingerprint density at radius 3 is 2.46 bits per heavy atom. The molecule has 4 atom stereocenters. The first-order valence-corrected chi connectivity index (χ1v) is 14.3. The molecule has 3 fully saturated rings. The van der Waals surface area contributed by atoms with E-state index in [9.17, 15) is 14.4 Å². The minimum Gasteiger partial charge on any atom is -0.383 e. The number of amides is 2. The molecule has 3 saturated heterocycles. The summed E-state index contributed by atoms with van der Waals surface area (Å²) in [5.41, 5.74) is 1.55. The van der Waals surface area contributed by atoms with Gasteiger partial charge in [0, 0.05) is 25.8 Å². The molecule has 9 nitrogen and oxygen atoms in total. The molecule has 2 amide bonds. The van der Waals surface area contributed by atoms with Crippen molar-refractivity contribution in [2.24, 2.45) is 5.41 Å². The number of hydrogen-bond acceptors (Lipinski definition) is 7. The van der Waals surface area contributed by atoms with Crippen LogP contribution >= 0.6 is 0 Å². The van der Waals surface area contributed by atoms with Gasteiger partial charge in [-0.3, -0.25) is 14.4 Å². The number of fused-ring (bicyclic) bond motifs is 1. The van der Waals surface area contributed by atoms with Crippen molar-refractivity contribution in [2.45, 2.75) is 77.2 Å². The predicted molar refractivity (Wildman–Crippen MR) is 148 cm³/mol. The molecule has 0 aliphatic carbocycles. The quantitative estimate of drug-likeness (QED) is 0.485. The second-order valence-electron chi connectivity index (χ2n) is 12.2. The first-order valence-electron chi connectivity index (χ1n) is 14.3. The number of hydrogen-bond donors (Lipinski definition) is 1. The van der Waals surface area contributed by atoms with Crippen LogP contribution in [-0.2, 0) is 23.8 Å². The van der Waals surface area contributed by atoms with E-state index >= 15 is 0 Å². The van der Waals surface area contributed by atoms with Crippen molar-refractivity contribution < 1.29 is 28.6 Å². The van der Waals surface area contributed by atoms with Gasteiger partial charge in [-0.25, -0.2) is 0 Å². The van der Waals surface area contributed by atoms with E-state index in [0.29, 0.717) is 24.5 Å². The van der Waals surface area contributed by atoms with E-state index in [0.717, 1.165) is 39.1 Å².